The fourth-order valence-corrected chi connectivity index (χ4v) is 4.77. The van der Waals surface area contributed by atoms with Crippen molar-refractivity contribution in [3.05, 3.63) is 41.9 Å². The zero-order valence-corrected chi connectivity index (χ0v) is 20.6. The van der Waals surface area contributed by atoms with Crippen LogP contribution in [0.1, 0.15) is 65.4 Å². The number of hydrogen-bond donors (Lipinski definition) is 1. The zero-order chi connectivity index (χ0) is 24.7. The Balaban J connectivity index is 1.79. The van der Waals surface area contributed by atoms with Crippen molar-refractivity contribution >= 4 is 23.0 Å². The Kier molecular flexibility index (Phi) is 8.18. The molecule has 6 nitrogen and oxygen atoms in total. The van der Waals surface area contributed by atoms with E-state index >= 15 is 0 Å². The maximum Gasteiger partial charge on any atom is 0.413 e. The minimum atomic E-state index is -1.06. The molecule has 6 heteroatoms. The Bertz CT molecular complexity index is 1200. The first kappa shape index (κ1) is 25.1. The number of carbonyl (C=O) groups is 1. The minimum Gasteiger partial charge on any atom is -0.465 e. The summed E-state index contributed by atoms with van der Waals surface area (Å²) in [6, 6.07) is 6.15. The Morgan fingerprint density at radius 2 is 2.24 bits per heavy atom. The number of rotatable bonds is 5. The second-order valence-corrected chi connectivity index (χ2v) is 9.70. The number of fused-ring (bicyclic) bond motifs is 1. The third-order valence-electron chi connectivity index (χ3n) is 6.26. The number of aliphatic imine (C=N–C) groups is 1. The molecular weight excluding hydrogens is 424 g/mol. The average molecular weight is 459 g/mol. The lowest BCUT2D eigenvalue weighted by Crippen LogP contribution is -2.41. The van der Waals surface area contributed by atoms with Gasteiger partial charge >= 0.3 is 6.09 Å². The molecule has 178 valence electrons. The standard InChI is InChI=1S/C28H34N4O2/c1-6-8-10-22-12-13-24-25(15-22)31(20-30-24)19-28(5)14-9-11-23(16-28)18-32(27(33)34)26(7-2)29-17-21(3)4/h2,12-13,15,17,20,23H,6,9,11,14,16,18-19H2,1,3-5H3,(H,33,34)/b29-26+. The molecule has 2 atom stereocenters. The molecule has 0 spiro atoms. The number of benzene rings is 1. The van der Waals surface area contributed by atoms with Crippen LogP contribution in [-0.4, -0.2) is 38.0 Å². The van der Waals surface area contributed by atoms with Crippen molar-refractivity contribution in [3.8, 4) is 24.2 Å². The lowest BCUT2D eigenvalue weighted by Gasteiger charge is -2.39. The second-order valence-electron chi connectivity index (χ2n) is 9.70. The summed E-state index contributed by atoms with van der Waals surface area (Å²) in [7, 11) is 0. The minimum absolute atomic E-state index is 0.0270. The molecule has 1 heterocycles. The largest absolute Gasteiger partial charge is 0.465 e. The van der Waals surface area contributed by atoms with E-state index in [0.29, 0.717) is 6.54 Å². The quantitative estimate of drug-likeness (QED) is 0.343. The van der Waals surface area contributed by atoms with E-state index in [4.69, 9.17) is 6.42 Å². The number of hydrogen-bond acceptors (Lipinski definition) is 3. The second kappa shape index (κ2) is 11.1. The number of nitrogens with zero attached hydrogens (tertiary/aromatic N) is 4. The Morgan fingerprint density at radius 3 is 2.91 bits per heavy atom. The fourth-order valence-electron chi connectivity index (χ4n) is 4.77. The average Bonchev–Trinajstić information content (AvgIpc) is 3.18. The van der Waals surface area contributed by atoms with Gasteiger partial charge in [-0.3, -0.25) is 4.90 Å². The Labute approximate surface area is 202 Å². The van der Waals surface area contributed by atoms with Crippen LogP contribution in [0.15, 0.2) is 41.3 Å². The molecule has 1 N–H and O–H groups in total. The van der Waals surface area contributed by atoms with E-state index in [1.165, 1.54) is 4.90 Å². The maximum atomic E-state index is 12.0. The van der Waals surface area contributed by atoms with Gasteiger partial charge in [0.2, 0.25) is 0 Å². The van der Waals surface area contributed by atoms with Gasteiger partial charge in [0.05, 0.1) is 17.4 Å². The number of carboxylic acid groups (broad SMARTS) is 1. The summed E-state index contributed by atoms with van der Waals surface area (Å²) < 4.78 is 2.22. The third kappa shape index (κ3) is 6.29. The third-order valence-corrected chi connectivity index (χ3v) is 6.26. The van der Waals surface area contributed by atoms with Crippen LogP contribution in [0.25, 0.3) is 11.0 Å². The molecular formula is C28H34N4O2. The summed E-state index contributed by atoms with van der Waals surface area (Å²) in [5.41, 5.74) is 4.03. The van der Waals surface area contributed by atoms with Crippen LogP contribution in [-0.2, 0) is 6.54 Å². The highest BCUT2D eigenvalue weighted by Crippen LogP contribution is 2.41. The zero-order valence-electron chi connectivity index (χ0n) is 20.6. The molecule has 0 saturated heterocycles. The van der Waals surface area contributed by atoms with Crippen molar-refractivity contribution in [2.24, 2.45) is 16.3 Å². The SMILES string of the molecule is C#C/C(=N\C=C(C)C)N(CC1CCCC(C)(Cn2cnc3ccc(C#CCC)cc32)C1)C(=O)O. The number of terminal acetylenes is 1. The molecule has 0 bridgehead atoms. The van der Waals surface area contributed by atoms with Gasteiger partial charge in [-0.1, -0.05) is 37.7 Å². The smallest absolute Gasteiger partial charge is 0.413 e. The monoisotopic (exact) mass is 458 g/mol. The summed E-state index contributed by atoms with van der Waals surface area (Å²) in [6.07, 6.45) is 12.9. The molecule has 1 saturated carbocycles. The molecule has 2 unspecified atom stereocenters. The van der Waals surface area contributed by atoms with Gasteiger partial charge in [-0.05, 0) is 68.6 Å². The molecule has 2 aromatic rings. The van der Waals surface area contributed by atoms with E-state index in [-0.39, 0.29) is 17.2 Å². The lowest BCUT2D eigenvalue weighted by molar-refractivity contribution is 0.114. The van der Waals surface area contributed by atoms with Crippen LogP contribution in [0.4, 0.5) is 4.79 Å². The number of amidine groups is 1. The molecule has 1 aliphatic carbocycles. The molecule has 1 aliphatic rings. The van der Waals surface area contributed by atoms with Crippen molar-refractivity contribution in [2.45, 2.75) is 66.3 Å². The van der Waals surface area contributed by atoms with Gasteiger partial charge in [0.15, 0.2) is 5.84 Å². The molecule has 1 amide bonds. The Morgan fingerprint density at radius 1 is 1.44 bits per heavy atom. The van der Waals surface area contributed by atoms with Crippen LogP contribution in [0.2, 0.25) is 0 Å². The van der Waals surface area contributed by atoms with Crippen molar-refractivity contribution in [1.82, 2.24) is 14.5 Å². The Hall–Kier alpha value is -3.51. The van der Waals surface area contributed by atoms with E-state index in [1.54, 1.807) is 6.20 Å². The van der Waals surface area contributed by atoms with Gasteiger partial charge in [-0.2, -0.15) is 0 Å². The van der Waals surface area contributed by atoms with Crippen LogP contribution in [0.3, 0.4) is 0 Å². The van der Waals surface area contributed by atoms with Gasteiger partial charge < -0.3 is 9.67 Å². The van der Waals surface area contributed by atoms with E-state index in [0.717, 1.165) is 60.8 Å². The number of allylic oxidation sites excluding steroid dienone is 1. The summed E-state index contributed by atoms with van der Waals surface area (Å²) in [4.78, 5) is 22.0. The first-order valence-corrected chi connectivity index (χ1v) is 11.9. The van der Waals surface area contributed by atoms with Crippen molar-refractivity contribution < 1.29 is 9.90 Å². The molecule has 3 rings (SSSR count). The summed E-state index contributed by atoms with van der Waals surface area (Å²) in [5.74, 6) is 9.14. The van der Waals surface area contributed by atoms with Crippen molar-refractivity contribution in [1.29, 1.82) is 0 Å². The normalized spacial score (nSPS) is 20.2. The first-order valence-electron chi connectivity index (χ1n) is 11.9. The van der Waals surface area contributed by atoms with Crippen LogP contribution in [0.5, 0.6) is 0 Å². The van der Waals surface area contributed by atoms with E-state index < -0.39 is 6.09 Å². The highest BCUT2D eigenvalue weighted by Gasteiger charge is 2.35. The summed E-state index contributed by atoms with van der Waals surface area (Å²) in [5, 5.41) is 9.82. The molecule has 1 aromatic heterocycles. The number of amides is 1. The molecule has 1 fully saturated rings. The number of aromatic nitrogens is 2. The predicted molar refractivity (Wildman–Crippen MR) is 137 cm³/mol. The molecule has 0 aliphatic heterocycles. The molecule has 0 radical (unpaired) electrons. The van der Waals surface area contributed by atoms with Crippen molar-refractivity contribution in [3.63, 3.8) is 0 Å². The topological polar surface area (TPSA) is 70.7 Å². The summed E-state index contributed by atoms with van der Waals surface area (Å²) in [6.45, 7) is 9.30. The van der Waals surface area contributed by atoms with Gasteiger partial charge in [0.25, 0.3) is 0 Å². The fraction of sp³-hybridized carbons (Fsp3) is 0.464. The van der Waals surface area contributed by atoms with Crippen LogP contribution < -0.4 is 0 Å². The van der Waals surface area contributed by atoms with Crippen LogP contribution >= 0.6 is 0 Å². The highest BCUT2D eigenvalue weighted by molar-refractivity contribution is 6.05. The maximum absolute atomic E-state index is 12.0. The lowest BCUT2D eigenvalue weighted by atomic mass is 9.70. The van der Waals surface area contributed by atoms with Gasteiger partial charge in [0.1, 0.15) is 0 Å². The van der Waals surface area contributed by atoms with E-state index in [2.05, 4.69) is 45.3 Å². The molecule has 34 heavy (non-hydrogen) atoms. The molecule has 1 aromatic carbocycles. The first-order chi connectivity index (χ1) is 16.2. The van der Waals surface area contributed by atoms with Gasteiger partial charge in [-0.15, -0.1) is 6.42 Å². The predicted octanol–water partition coefficient (Wildman–Crippen LogP) is 5.93. The van der Waals surface area contributed by atoms with E-state index in [1.807, 2.05) is 39.2 Å². The van der Waals surface area contributed by atoms with Gasteiger partial charge in [-0.25, -0.2) is 14.8 Å². The van der Waals surface area contributed by atoms with Gasteiger partial charge in [0, 0.05) is 31.3 Å². The van der Waals surface area contributed by atoms with Crippen LogP contribution in [0, 0.1) is 35.5 Å². The highest BCUT2D eigenvalue weighted by atomic mass is 16.4. The van der Waals surface area contributed by atoms with Crippen molar-refractivity contribution in [2.75, 3.05) is 6.54 Å². The van der Waals surface area contributed by atoms with E-state index in [9.17, 15) is 9.90 Å². The number of imidazole rings is 1. The summed E-state index contributed by atoms with van der Waals surface area (Å²) >= 11 is 0.